The molecule has 5 nitrogen and oxygen atoms in total. The Morgan fingerprint density at radius 1 is 1.14 bits per heavy atom. The molecule has 1 aromatic heterocycles. The molecule has 1 atom stereocenters. The normalized spacial score (nSPS) is 17.3. The van der Waals surface area contributed by atoms with E-state index in [0.717, 1.165) is 43.0 Å². The monoisotopic (exact) mass is 316 g/mol. The summed E-state index contributed by atoms with van der Waals surface area (Å²) in [5.41, 5.74) is 2.45. The summed E-state index contributed by atoms with van der Waals surface area (Å²) in [6, 6.07) is 9.92. The number of benzene rings is 1. The van der Waals surface area contributed by atoms with Gasteiger partial charge in [0.25, 0.3) is 5.56 Å². The van der Waals surface area contributed by atoms with Gasteiger partial charge in [-0.15, -0.1) is 0 Å². The second kappa shape index (κ2) is 6.56. The molecular weight excluding hydrogens is 296 g/mol. The highest BCUT2D eigenvalue weighted by Gasteiger charge is 2.24. The highest BCUT2D eigenvalue weighted by Crippen LogP contribution is 2.26. The van der Waals surface area contributed by atoms with Gasteiger partial charge in [0.1, 0.15) is 0 Å². The molecule has 1 unspecified atom stereocenters. The molecule has 1 fully saturated rings. The Hall–Kier alpha value is -1.76. The summed E-state index contributed by atoms with van der Waals surface area (Å²) in [6.07, 6.45) is 0. The molecule has 0 amide bonds. The van der Waals surface area contributed by atoms with E-state index in [1.165, 1.54) is 0 Å². The summed E-state index contributed by atoms with van der Waals surface area (Å²) in [6.45, 7) is 5.85. The first-order chi connectivity index (χ1) is 10.7. The topological polar surface area (TPSA) is 63.9 Å². The van der Waals surface area contributed by atoms with Gasteiger partial charge in [-0.3, -0.25) is 14.7 Å². The lowest BCUT2D eigenvalue weighted by Crippen LogP contribution is -2.45. The molecule has 1 aromatic carbocycles. The minimum Gasteiger partial charge on any atom is -0.331 e. The first-order valence-corrected chi connectivity index (χ1v) is 7.94. The average molecular weight is 316 g/mol. The van der Waals surface area contributed by atoms with Gasteiger partial charge >= 0.3 is 0 Å². The van der Waals surface area contributed by atoms with Crippen LogP contribution in [0.1, 0.15) is 18.5 Å². The van der Waals surface area contributed by atoms with Crippen LogP contribution in [0.3, 0.4) is 0 Å². The Kier molecular flexibility index (Phi) is 4.52. The SMILES string of the molecule is CC(c1c(-c2ccccc2)[nH]c(=S)[nH]c1=O)N1CCNCC1. The molecule has 6 heteroatoms. The Balaban J connectivity index is 2.10. The zero-order valence-electron chi connectivity index (χ0n) is 12.6. The molecule has 0 bridgehead atoms. The first kappa shape index (κ1) is 15.1. The van der Waals surface area contributed by atoms with E-state index in [4.69, 9.17) is 12.2 Å². The van der Waals surface area contributed by atoms with E-state index in [9.17, 15) is 4.79 Å². The summed E-state index contributed by atoms with van der Waals surface area (Å²) in [5, 5.41) is 3.34. The quantitative estimate of drug-likeness (QED) is 0.759. The summed E-state index contributed by atoms with van der Waals surface area (Å²) < 4.78 is 0.361. The molecule has 0 saturated carbocycles. The number of hydrogen-bond donors (Lipinski definition) is 3. The summed E-state index contributed by atoms with van der Waals surface area (Å²) in [4.78, 5) is 20.8. The van der Waals surface area contributed by atoms with Crippen molar-refractivity contribution in [3.05, 3.63) is 51.0 Å². The maximum Gasteiger partial charge on any atom is 0.257 e. The van der Waals surface area contributed by atoms with E-state index in [-0.39, 0.29) is 11.6 Å². The Bertz CT molecular complexity index is 747. The van der Waals surface area contributed by atoms with Gasteiger partial charge in [0.05, 0.1) is 11.3 Å². The van der Waals surface area contributed by atoms with Crippen LogP contribution in [0.4, 0.5) is 0 Å². The minimum atomic E-state index is -0.103. The zero-order valence-corrected chi connectivity index (χ0v) is 13.4. The molecular formula is C16H20N4OS. The van der Waals surface area contributed by atoms with Crippen LogP contribution >= 0.6 is 12.2 Å². The van der Waals surface area contributed by atoms with Gasteiger partial charge < -0.3 is 10.3 Å². The third-order valence-corrected chi connectivity index (χ3v) is 4.36. The van der Waals surface area contributed by atoms with Crippen molar-refractivity contribution in [1.29, 1.82) is 0 Å². The maximum absolute atomic E-state index is 12.5. The highest BCUT2D eigenvalue weighted by molar-refractivity contribution is 7.71. The van der Waals surface area contributed by atoms with E-state index < -0.39 is 0 Å². The second-order valence-corrected chi connectivity index (χ2v) is 5.93. The van der Waals surface area contributed by atoms with E-state index in [0.29, 0.717) is 4.77 Å². The lowest BCUT2D eigenvalue weighted by atomic mass is 10.0. The third-order valence-electron chi connectivity index (χ3n) is 4.16. The lowest BCUT2D eigenvalue weighted by molar-refractivity contribution is 0.184. The summed E-state index contributed by atoms with van der Waals surface area (Å²) in [7, 11) is 0. The number of hydrogen-bond acceptors (Lipinski definition) is 4. The van der Waals surface area contributed by atoms with Crippen molar-refractivity contribution >= 4 is 12.2 Å². The van der Waals surface area contributed by atoms with Crippen LogP contribution in [0.5, 0.6) is 0 Å². The van der Waals surface area contributed by atoms with Crippen LogP contribution < -0.4 is 10.9 Å². The number of nitrogens with zero attached hydrogens (tertiary/aromatic N) is 1. The van der Waals surface area contributed by atoms with Gasteiger partial charge in [-0.2, -0.15) is 0 Å². The van der Waals surface area contributed by atoms with E-state index >= 15 is 0 Å². The predicted molar refractivity (Wildman–Crippen MR) is 90.5 cm³/mol. The molecule has 2 heterocycles. The number of nitrogens with one attached hydrogen (secondary N) is 3. The van der Waals surface area contributed by atoms with E-state index in [2.05, 4.69) is 27.1 Å². The van der Waals surface area contributed by atoms with Crippen LogP contribution in [-0.2, 0) is 0 Å². The molecule has 3 rings (SSSR count). The smallest absolute Gasteiger partial charge is 0.257 e. The molecule has 0 aliphatic carbocycles. The Morgan fingerprint density at radius 3 is 2.50 bits per heavy atom. The van der Waals surface area contributed by atoms with Gasteiger partial charge in [0.15, 0.2) is 4.77 Å². The van der Waals surface area contributed by atoms with Crippen LogP contribution in [0.2, 0.25) is 0 Å². The standard InChI is InChI=1S/C16H20N4OS/c1-11(20-9-7-17-8-10-20)13-14(12-5-3-2-4-6-12)18-16(22)19-15(13)21/h2-6,11,17H,7-10H2,1H3,(H2,18,19,21,22). The van der Waals surface area contributed by atoms with Gasteiger partial charge in [0.2, 0.25) is 0 Å². The van der Waals surface area contributed by atoms with Crippen molar-refractivity contribution < 1.29 is 0 Å². The van der Waals surface area contributed by atoms with Crippen LogP contribution in [-0.4, -0.2) is 41.0 Å². The average Bonchev–Trinajstić information content (AvgIpc) is 2.55. The Morgan fingerprint density at radius 2 is 1.82 bits per heavy atom. The van der Waals surface area contributed by atoms with Gasteiger partial charge in [0, 0.05) is 32.2 Å². The van der Waals surface area contributed by atoms with Crippen molar-refractivity contribution in [1.82, 2.24) is 20.2 Å². The molecule has 1 saturated heterocycles. The van der Waals surface area contributed by atoms with Crippen molar-refractivity contribution in [2.24, 2.45) is 0 Å². The molecule has 1 aliphatic heterocycles. The Labute approximate surface area is 134 Å². The fraction of sp³-hybridized carbons (Fsp3) is 0.375. The number of rotatable bonds is 3. The highest BCUT2D eigenvalue weighted by atomic mass is 32.1. The number of H-pyrrole nitrogens is 2. The van der Waals surface area contributed by atoms with Crippen molar-refractivity contribution in [3.63, 3.8) is 0 Å². The fourth-order valence-electron chi connectivity index (χ4n) is 2.98. The fourth-order valence-corrected chi connectivity index (χ4v) is 3.17. The molecule has 2 aromatic rings. The lowest BCUT2D eigenvalue weighted by Gasteiger charge is -2.33. The third kappa shape index (κ3) is 3.04. The predicted octanol–water partition coefficient (Wildman–Crippen LogP) is 2.07. The van der Waals surface area contributed by atoms with Crippen LogP contribution in [0.25, 0.3) is 11.3 Å². The van der Waals surface area contributed by atoms with Crippen molar-refractivity contribution in [2.45, 2.75) is 13.0 Å². The van der Waals surface area contributed by atoms with Crippen molar-refractivity contribution in [2.75, 3.05) is 26.2 Å². The first-order valence-electron chi connectivity index (χ1n) is 7.53. The maximum atomic E-state index is 12.5. The van der Waals surface area contributed by atoms with Gasteiger partial charge in [-0.25, -0.2) is 0 Å². The molecule has 1 aliphatic rings. The van der Waals surface area contributed by atoms with E-state index in [1.54, 1.807) is 0 Å². The molecule has 22 heavy (non-hydrogen) atoms. The van der Waals surface area contributed by atoms with Gasteiger partial charge in [-0.05, 0) is 24.7 Å². The van der Waals surface area contributed by atoms with Crippen LogP contribution in [0, 0.1) is 4.77 Å². The van der Waals surface area contributed by atoms with Gasteiger partial charge in [-0.1, -0.05) is 30.3 Å². The summed E-state index contributed by atoms with van der Waals surface area (Å²) in [5.74, 6) is 0. The summed E-state index contributed by atoms with van der Waals surface area (Å²) >= 11 is 5.15. The number of aromatic nitrogens is 2. The van der Waals surface area contributed by atoms with Crippen LogP contribution in [0.15, 0.2) is 35.1 Å². The molecule has 0 radical (unpaired) electrons. The largest absolute Gasteiger partial charge is 0.331 e. The molecule has 116 valence electrons. The zero-order chi connectivity index (χ0) is 15.5. The van der Waals surface area contributed by atoms with Crippen molar-refractivity contribution in [3.8, 4) is 11.3 Å². The molecule has 0 spiro atoms. The van der Waals surface area contributed by atoms with E-state index in [1.807, 2.05) is 30.3 Å². The number of aromatic amines is 2. The molecule has 3 N–H and O–H groups in total. The minimum absolute atomic E-state index is 0.0351. The number of piperazine rings is 1. The second-order valence-electron chi connectivity index (χ2n) is 5.52.